The fourth-order valence-electron chi connectivity index (χ4n) is 3.03. The Morgan fingerprint density at radius 1 is 1.21 bits per heavy atom. The molecule has 0 atom stereocenters. The molecule has 0 aliphatic rings. The van der Waals surface area contributed by atoms with Gasteiger partial charge in [0, 0.05) is 30.8 Å². The predicted molar refractivity (Wildman–Crippen MR) is 106 cm³/mol. The number of carbonyl (C=O) groups excluding carboxylic acids is 1. The van der Waals surface area contributed by atoms with Crippen molar-refractivity contribution in [2.45, 2.75) is 20.3 Å². The zero-order valence-corrected chi connectivity index (χ0v) is 15.6. The molecule has 0 aliphatic carbocycles. The summed E-state index contributed by atoms with van der Waals surface area (Å²) in [6.07, 6.45) is 2.63. The number of imidazole rings is 1. The number of aryl methyl sites for hydroxylation is 1. The Balaban J connectivity index is 1.80. The predicted octanol–water partition coefficient (Wildman–Crippen LogP) is 3.08. The molecule has 0 saturated carbocycles. The summed E-state index contributed by atoms with van der Waals surface area (Å²) < 4.78 is 7.25. The van der Waals surface area contributed by atoms with Gasteiger partial charge in [0.15, 0.2) is 5.69 Å². The van der Waals surface area contributed by atoms with Crippen molar-refractivity contribution in [2.24, 2.45) is 0 Å². The Morgan fingerprint density at radius 3 is 2.79 bits per heavy atom. The monoisotopic (exact) mass is 376 g/mol. The van der Waals surface area contributed by atoms with Gasteiger partial charge >= 0.3 is 0 Å². The van der Waals surface area contributed by atoms with Gasteiger partial charge in [-0.2, -0.15) is 0 Å². The summed E-state index contributed by atoms with van der Waals surface area (Å²) in [4.78, 5) is 16.9. The highest BCUT2D eigenvalue weighted by atomic mass is 16.4. The van der Waals surface area contributed by atoms with Gasteiger partial charge in [0.1, 0.15) is 11.5 Å². The number of anilines is 1. The van der Waals surface area contributed by atoms with Gasteiger partial charge in [-0.1, -0.05) is 19.1 Å². The molecule has 1 aromatic carbocycles. The second-order valence-corrected chi connectivity index (χ2v) is 6.42. The number of rotatable bonds is 5. The van der Waals surface area contributed by atoms with Gasteiger partial charge in [-0.15, -0.1) is 10.2 Å². The molecule has 8 heteroatoms. The molecule has 0 unspecified atom stereocenters. The van der Waals surface area contributed by atoms with E-state index < -0.39 is 0 Å². The largest absolute Gasteiger partial charge is 0.421 e. The van der Waals surface area contributed by atoms with Crippen LogP contribution >= 0.6 is 0 Å². The number of nitrogens with one attached hydrogen (secondary N) is 1. The van der Waals surface area contributed by atoms with Crippen LogP contribution < -0.4 is 11.1 Å². The number of hydrogen-bond acceptors (Lipinski definition) is 6. The zero-order chi connectivity index (χ0) is 19.7. The fraction of sp³-hybridized carbons (Fsp3) is 0.200. The third kappa shape index (κ3) is 3.09. The van der Waals surface area contributed by atoms with Crippen LogP contribution in [-0.2, 0) is 0 Å². The summed E-state index contributed by atoms with van der Waals surface area (Å²) >= 11 is 0. The van der Waals surface area contributed by atoms with Crippen molar-refractivity contribution in [3.63, 3.8) is 0 Å². The molecule has 3 heterocycles. The van der Waals surface area contributed by atoms with Crippen LogP contribution in [0.3, 0.4) is 0 Å². The van der Waals surface area contributed by atoms with E-state index in [0.717, 1.165) is 23.1 Å². The maximum absolute atomic E-state index is 12.4. The van der Waals surface area contributed by atoms with E-state index in [1.54, 1.807) is 17.5 Å². The molecule has 28 heavy (non-hydrogen) atoms. The number of aromatic nitrogens is 4. The lowest BCUT2D eigenvalue weighted by Crippen LogP contribution is -2.25. The Bertz CT molecular complexity index is 1160. The number of fused-ring (bicyclic) bond motifs is 1. The normalized spacial score (nSPS) is 11.1. The minimum absolute atomic E-state index is 0.226. The van der Waals surface area contributed by atoms with E-state index >= 15 is 0 Å². The van der Waals surface area contributed by atoms with Crippen LogP contribution in [0, 0.1) is 6.92 Å². The van der Waals surface area contributed by atoms with E-state index in [9.17, 15) is 4.79 Å². The quantitative estimate of drug-likeness (QED) is 0.554. The number of nitrogens with two attached hydrogens (primary N) is 1. The fourth-order valence-corrected chi connectivity index (χ4v) is 3.03. The smallest absolute Gasteiger partial charge is 0.273 e. The maximum atomic E-state index is 12.4. The van der Waals surface area contributed by atoms with Crippen molar-refractivity contribution in [3.8, 4) is 22.6 Å². The van der Waals surface area contributed by atoms with Crippen molar-refractivity contribution in [3.05, 3.63) is 54.2 Å². The number of pyridine rings is 1. The molecule has 0 radical (unpaired) electrons. The lowest BCUT2D eigenvalue weighted by molar-refractivity contribution is 0.0950. The van der Waals surface area contributed by atoms with E-state index in [2.05, 4.69) is 20.5 Å². The minimum atomic E-state index is -0.274. The van der Waals surface area contributed by atoms with Crippen LogP contribution in [0.25, 0.3) is 28.2 Å². The highest BCUT2D eigenvalue weighted by Crippen LogP contribution is 2.30. The van der Waals surface area contributed by atoms with Gasteiger partial charge in [0.05, 0.1) is 0 Å². The summed E-state index contributed by atoms with van der Waals surface area (Å²) in [7, 11) is 0. The van der Waals surface area contributed by atoms with Crippen molar-refractivity contribution in [1.82, 2.24) is 24.9 Å². The molecule has 4 rings (SSSR count). The first-order valence-corrected chi connectivity index (χ1v) is 9.04. The van der Waals surface area contributed by atoms with Crippen LogP contribution in [0.1, 0.15) is 29.7 Å². The lowest BCUT2D eigenvalue weighted by atomic mass is 10.0. The molecule has 0 fully saturated rings. The number of carbonyl (C=O) groups is 1. The summed E-state index contributed by atoms with van der Waals surface area (Å²) in [5.74, 6) is 0.998. The highest BCUT2D eigenvalue weighted by molar-refractivity contribution is 5.98. The summed E-state index contributed by atoms with van der Waals surface area (Å²) in [5, 5.41) is 10.8. The molecule has 0 saturated heterocycles. The molecule has 8 nitrogen and oxygen atoms in total. The molecular weight excluding hydrogens is 356 g/mol. The first-order chi connectivity index (χ1) is 13.6. The second-order valence-electron chi connectivity index (χ2n) is 6.42. The van der Waals surface area contributed by atoms with Crippen LogP contribution in [0.2, 0.25) is 0 Å². The first kappa shape index (κ1) is 17.7. The minimum Gasteiger partial charge on any atom is -0.421 e. The molecule has 4 aromatic rings. The van der Waals surface area contributed by atoms with E-state index in [4.69, 9.17) is 10.2 Å². The standard InChI is InChI=1S/C20H20N6O2/c1-3-9-22-19(27)16-17(21)26-10-5-8-15(18(26)23-16)13-6-4-7-14(11-13)20-25-24-12(2)28-20/h4-8,10-11H,3,9,21H2,1-2H3,(H,22,27). The molecular formula is C20H20N6O2. The molecule has 0 aliphatic heterocycles. The molecule has 3 aromatic heterocycles. The lowest BCUT2D eigenvalue weighted by Gasteiger charge is -2.05. The summed E-state index contributed by atoms with van der Waals surface area (Å²) in [6, 6.07) is 11.5. The van der Waals surface area contributed by atoms with E-state index in [0.29, 0.717) is 29.8 Å². The molecule has 142 valence electrons. The summed E-state index contributed by atoms with van der Waals surface area (Å²) in [6.45, 7) is 4.31. The molecule has 0 spiro atoms. The summed E-state index contributed by atoms with van der Waals surface area (Å²) in [5.41, 5.74) is 9.59. The van der Waals surface area contributed by atoms with Crippen LogP contribution in [0.15, 0.2) is 47.0 Å². The molecule has 1 amide bonds. The first-order valence-electron chi connectivity index (χ1n) is 9.04. The van der Waals surface area contributed by atoms with Gasteiger partial charge in [0.25, 0.3) is 5.91 Å². The van der Waals surface area contributed by atoms with Gasteiger partial charge < -0.3 is 15.5 Å². The number of hydrogen-bond donors (Lipinski definition) is 2. The van der Waals surface area contributed by atoms with E-state index in [-0.39, 0.29) is 11.6 Å². The van der Waals surface area contributed by atoms with Crippen molar-refractivity contribution >= 4 is 17.4 Å². The molecule has 3 N–H and O–H groups in total. The average Bonchev–Trinajstić information content (AvgIpc) is 3.30. The van der Waals surface area contributed by atoms with Crippen LogP contribution in [0.4, 0.5) is 5.82 Å². The zero-order valence-electron chi connectivity index (χ0n) is 15.6. The highest BCUT2D eigenvalue weighted by Gasteiger charge is 2.19. The van der Waals surface area contributed by atoms with Gasteiger partial charge in [0.2, 0.25) is 11.8 Å². The van der Waals surface area contributed by atoms with E-state index in [1.165, 1.54) is 0 Å². The number of amides is 1. The SMILES string of the molecule is CCCNC(=O)c1nc2c(-c3cccc(-c4nnc(C)o4)c3)cccn2c1N. The second kappa shape index (κ2) is 7.15. The van der Waals surface area contributed by atoms with Crippen molar-refractivity contribution in [2.75, 3.05) is 12.3 Å². The van der Waals surface area contributed by atoms with E-state index in [1.807, 2.05) is 43.3 Å². The Kier molecular flexibility index (Phi) is 4.52. The third-order valence-corrected chi connectivity index (χ3v) is 4.38. The number of nitrogen functional groups attached to an aromatic ring is 1. The van der Waals surface area contributed by atoms with Crippen LogP contribution in [-0.4, -0.2) is 32.0 Å². The topological polar surface area (TPSA) is 111 Å². The Hall–Kier alpha value is -3.68. The average molecular weight is 376 g/mol. The van der Waals surface area contributed by atoms with Crippen molar-refractivity contribution < 1.29 is 9.21 Å². The van der Waals surface area contributed by atoms with Gasteiger partial charge in [-0.25, -0.2) is 4.98 Å². The van der Waals surface area contributed by atoms with Crippen LogP contribution in [0.5, 0.6) is 0 Å². The Labute approximate surface area is 161 Å². The van der Waals surface area contributed by atoms with Gasteiger partial charge in [-0.3, -0.25) is 9.20 Å². The third-order valence-electron chi connectivity index (χ3n) is 4.38. The maximum Gasteiger partial charge on any atom is 0.273 e. The number of benzene rings is 1. The Morgan fingerprint density at radius 2 is 2.04 bits per heavy atom. The van der Waals surface area contributed by atoms with Gasteiger partial charge in [-0.05, 0) is 36.2 Å². The van der Waals surface area contributed by atoms with Crippen molar-refractivity contribution in [1.29, 1.82) is 0 Å². The number of nitrogens with zero attached hydrogens (tertiary/aromatic N) is 4. The molecule has 0 bridgehead atoms.